The Hall–Kier alpha value is -1.99. The summed E-state index contributed by atoms with van der Waals surface area (Å²) < 4.78 is 19.5. The van der Waals surface area contributed by atoms with Crippen LogP contribution < -0.4 is 5.32 Å². The lowest BCUT2D eigenvalue weighted by atomic mass is 10.1. The second kappa shape index (κ2) is 7.06. The lowest BCUT2D eigenvalue weighted by Gasteiger charge is -2.13. The van der Waals surface area contributed by atoms with E-state index in [2.05, 4.69) is 20.5 Å². The van der Waals surface area contributed by atoms with Crippen molar-refractivity contribution in [1.29, 1.82) is 0 Å². The van der Waals surface area contributed by atoms with E-state index in [-0.39, 0.29) is 35.1 Å². The molecule has 1 amide bonds. The lowest BCUT2D eigenvalue weighted by Crippen LogP contribution is -2.33. The summed E-state index contributed by atoms with van der Waals surface area (Å²) in [5, 5.41) is 9.59. The average Bonchev–Trinajstić information content (AvgIpc) is 3.19. The number of hydrogen-bond acceptors (Lipinski definition) is 4. The van der Waals surface area contributed by atoms with Crippen LogP contribution in [0.2, 0.25) is 5.02 Å². The minimum Gasteiger partial charge on any atom is -0.365 e. The first-order valence-electron chi connectivity index (χ1n) is 7.34. The first-order valence-corrected chi connectivity index (χ1v) is 7.71. The minimum atomic E-state index is -0.477. The molecule has 0 bridgehead atoms. The van der Waals surface area contributed by atoms with Gasteiger partial charge in [0, 0.05) is 17.1 Å². The van der Waals surface area contributed by atoms with Gasteiger partial charge in [0.05, 0.1) is 12.5 Å². The summed E-state index contributed by atoms with van der Waals surface area (Å²) in [6, 6.07) is 4.36. The van der Waals surface area contributed by atoms with E-state index in [1.54, 1.807) is 6.07 Å². The maximum Gasteiger partial charge on any atom is 0.224 e. The van der Waals surface area contributed by atoms with Crippen LogP contribution in [0.3, 0.4) is 0 Å². The average molecular weight is 339 g/mol. The van der Waals surface area contributed by atoms with Gasteiger partial charge in [-0.05, 0) is 25.0 Å². The number of benzene rings is 1. The molecule has 2 N–H and O–H groups in total. The summed E-state index contributed by atoms with van der Waals surface area (Å²) in [5.41, 5.74) is 0.207. The number of aromatic amines is 1. The molecule has 0 saturated carbocycles. The Balaban J connectivity index is 1.48. The molecule has 3 rings (SSSR count). The van der Waals surface area contributed by atoms with Gasteiger partial charge in [0.25, 0.3) is 0 Å². The molecule has 2 heterocycles. The molecule has 2 aromatic rings. The van der Waals surface area contributed by atoms with Gasteiger partial charge < -0.3 is 10.1 Å². The molecule has 0 aliphatic carbocycles. The van der Waals surface area contributed by atoms with Gasteiger partial charge in [-0.1, -0.05) is 17.7 Å². The summed E-state index contributed by atoms with van der Waals surface area (Å²) in [6.45, 7) is 0.371. The Morgan fingerprint density at radius 1 is 1.48 bits per heavy atom. The van der Waals surface area contributed by atoms with Crippen molar-refractivity contribution in [2.45, 2.75) is 31.5 Å². The van der Waals surface area contributed by atoms with E-state index >= 15 is 0 Å². The fourth-order valence-electron chi connectivity index (χ4n) is 2.58. The molecule has 1 saturated heterocycles. The predicted octanol–water partition coefficient (Wildman–Crippen LogP) is 2.18. The molecule has 0 unspecified atom stereocenters. The molecule has 23 heavy (non-hydrogen) atoms. The van der Waals surface area contributed by atoms with Crippen molar-refractivity contribution < 1.29 is 13.9 Å². The molecule has 0 spiro atoms. The van der Waals surface area contributed by atoms with Gasteiger partial charge in [0.1, 0.15) is 18.2 Å². The van der Waals surface area contributed by atoms with Crippen molar-refractivity contribution >= 4 is 17.5 Å². The monoisotopic (exact) mass is 338 g/mol. The third kappa shape index (κ3) is 3.86. The van der Waals surface area contributed by atoms with E-state index in [0.717, 1.165) is 12.8 Å². The number of carbonyl (C=O) groups excluding carboxylic acids is 1. The molecule has 1 aliphatic heterocycles. The highest BCUT2D eigenvalue weighted by Gasteiger charge is 2.28. The zero-order valence-corrected chi connectivity index (χ0v) is 13.0. The molecule has 1 aromatic heterocycles. The highest BCUT2D eigenvalue weighted by atomic mass is 35.5. The van der Waals surface area contributed by atoms with E-state index in [4.69, 9.17) is 16.3 Å². The number of halogens is 2. The fourth-order valence-corrected chi connectivity index (χ4v) is 2.81. The van der Waals surface area contributed by atoms with Gasteiger partial charge in [0.15, 0.2) is 5.82 Å². The van der Waals surface area contributed by atoms with Crippen LogP contribution in [0.1, 0.15) is 30.3 Å². The molecule has 6 nitrogen and oxygen atoms in total. The molecule has 8 heteroatoms. The van der Waals surface area contributed by atoms with Crippen molar-refractivity contribution in [1.82, 2.24) is 20.5 Å². The third-order valence-electron chi connectivity index (χ3n) is 3.77. The van der Waals surface area contributed by atoms with Gasteiger partial charge >= 0.3 is 0 Å². The van der Waals surface area contributed by atoms with Gasteiger partial charge in [0.2, 0.25) is 5.91 Å². The molecule has 2 atom stereocenters. The summed E-state index contributed by atoms with van der Waals surface area (Å²) in [4.78, 5) is 16.0. The van der Waals surface area contributed by atoms with Crippen molar-refractivity contribution in [3.8, 4) is 0 Å². The summed E-state index contributed by atoms with van der Waals surface area (Å²) in [7, 11) is 0. The minimum absolute atomic E-state index is 0.0925. The van der Waals surface area contributed by atoms with E-state index in [9.17, 15) is 9.18 Å². The number of nitrogens with one attached hydrogen (secondary N) is 2. The third-order valence-corrected chi connectivity index (χ3v) is 4.13. The van der Waals surface area contributed by atoms with Gasteiger partial charge in [-0.15, -0.1) is 0 Å². The topological polar surface area (TPSA) is 79.9 Å². The Morgan fingerprint density at radius 3 is 3.09 bits per heavy atom. The Morgan fingerprint density at radius 2 is 2.35 bits per heavy atom. The molecule has 1 aliphatic rings. The number of H-pyrrole nitrogens is 1. The van der Waals surface area contributed by atoms with Crippen LogP contribution in [0.25, 0.3) is 0 Å². The number of amides is 1. The van der Waals surface area contributed by atoms with Crippen molar-refractivity contribution in [2.75, 3.05) is 6.54 Å². The highest BCUT2D eigenvalue weighted by molar-refractivity contribution is 6.31. The van der Waals surface area contributed by atoms with Crippen LogP contribution in [0.4, 0.5) is 4.39 Å². The maximum atomic E-state index is 13.7. The fraction of sp³-hybridized carbons (Fsp3) is 0.400. The van der Waals surface area contributed by atoms with Crippen LogP contribution in [-0.4, -0.2) is 33.7 Å². The first-order chi connectivity index (χ1) is 11.1. The lowest BCUT2D eigenvalue weighted by molar-refractivity contribution is -0.121. The normalized spacial score (nSPS) is 20.6. The predicted molar refractivity (Wildman–Crippen MR) is 81.4 cm³/mol. The molecular weight excluding hydrogens is 323 g/mol. The Bertz CT molecular complexity index is 660. The molecule has 122 valence electrons. The van der Waals surface area contributed by atoms with Crippen LogP contribution in [0.15, 0.2) is 24.5 Å². The number of ether oxygens (including phenoxy) is 1. The SMILES string of the molecule is O=C(Cc1c(F)cccc1Cl)NC[C@H]1CC[C@@H](c2ncn[nH]2)O1. The number of hydrogen-bond donors (Lipinski definition) is 2. The molecule has 0 radical (unpaired) electrons. The highest BCUT2D eigenvalue weighted by Crippen LogP contribution is 2.30. The van der Waals surface area contributed by atoms with Crippen molar-refractivity contribution in [2.24, 2.45) is 0 Å². The molecule has 1 fully saturated rings. The van der Waals surface area contributed by atoms with Crippen LogP contribution in [-0.2, 0) is 16.0 Å². The van der Waals surface area contributed by atoms with E-state index in [0.29, 0.717) is 12.4 Å². The molecular formula is C15H16ClFN4O2. The number of rotatable bonds is 5. The van der Waals surface area contributed by atoms with Crippen molar-refractivity contribution in [3.63, 3.8) is 0 Å². The van der Waals surface area contributed by atoms with Crippen molar-refractivity contribution in [3.05, 3.63) is 46.8 Å². The number of carbonyl (C=O) groups is 1. The van der Waals surface area contributed by atoms with Gasteiger partial charge in [-0.2, -0.15) is 5.10 Å². The number of aromatic nitrogens is 3. The van der Waals surface area contributed by atoms with E-state index in [1.807, 2.05) is 0 Å². The largest absolute Gasteiger partial charge is 0.365 e. The van der Waals surface area contributed by atoms with Crippen LogP contribution in [0, 0.1) is 5.82 Å². The van der Waals surface area contributed by atoms with Gasteiger partial charge in [-0.25, -0.2) is 9.37 Å². The summed E-state index contributed by atoms with van der Waals surface area (Å²) >= 11 is 5.92. The Kier molecular flexibility index (Phi) is 4.88. The molecule has 1 aromatic carbocycles. The van der Waals surface area contributed by atoms with Crippen LogP contribution >= 0.6 is 11.6 Å². The first kappa shape index (κ1) is 15.9. The summed E-state index contributed by atoms with van der Waals surface area (Å²) in [6.07, 6.45) is 2.75. The summed E-state index contributed by atoms with van der Waals surface area (Å²) in [5.74, 6) is -0.0733. The Labute approximate surface area is 137 Å². The van der Waals surface area contributed by atoms with Crippen LogP contribution in [0.5, 0.6) is 0 Å². The van der Waals surface area contributed by atoms with E-state index in [1.165, 1.54) is 18.5 Å². The van der Waals surface area contributed by atoms with E-state index < -0.39 is 5.82 Å². The quantitative estimate of drug-likeness (QED) is 0.875. The zero-order chi connectivity index (χ0) is 16.2. The van der Waals surface area contributed by atoms with Gasteiger partial charge in [-0.3, -0.25) is 9.89 Å². The maximum absolute atomic E-state index is 13.7. The smallest absolute Gasteiger partial charge is 0.224 e. The second-order valence-corrected chi connectivity index (χ2v) is 5.78. The standard InChI is InChI=1S/C15H16ClFN4O2/c16-11-2-1-3-12(17)10(11)6-14(22)18-7-9-4-5-13(23-9)15-19-8-20-21-15/h1-3,8-9,13H,4-7H2,(H,18,22)(H,19,20,21)/t9-,13+/m1/s1. The number of nitrogens with zero attached hydrogens (tertiary/aromatic N) is 2. The second-order valence-electron chi connectivity index (χ2n) is 5.38. The zero-order valence-electron chi connectivity index (χ0n) is 12.3.